The average Bonchev–Trinajstić information content (AvgIpc) is 3.10. The summed E-state index contributed by atoms with van der Waals surface area (Å²) in [4.78, 5) is 26.3. The van der Waals surface area contributed by atoms with Crippen LogP contribution in [-0.4, -0.2) is 51.5 Å². The SMILES string of the molecule is C/C=C/c1ccc(C(NC(=O)COc2ccc(C(NC(=O)C(CS)NC)c3ccc(OC)cc3OC)cc2)c2ccc(C)cc2)cc1. The van der Waals surface area contributed by atoms with E-state index in [1.165, 1.54) is 0 Å². The fraction of sp³-hybridized carbons (Fsp3) is 0.263. The van der Waals surface area contributed by atoms with Crippen LogP contribution in [0.2, 0.25) is 0 Å². The van der Waals surface area contributed by atoms with Crippen LogP contribution in [0.15, 0.2) is 97.1 Å². The number of carbonyl (C=O) groups is 2. The monoisotopic (exact) mass is 653 g/mol. The van der Waals surface area contributed by atoms with Crippen LogP contribution in [0.1, 0.15) is 52.4 Å². The van der Waals surface area contributed by atoms with E-state index >= 15 is 0 Å². The molecular formula is C38H43N3O5S. The molecule has 0 bridgehead atoms. The first-order valence-corrected chi connectivity index (χ1v) is 16.0. The van der Waals surface area contributed by atoms with Gasteiger partial charge in [0.15, 0.2) is 6.61 Å². The Bertz CT molecular complexity index is 1640. The van der Waals surface area contributed by atoms with E-state index in [0.29, 0.717) is 23.0 Å². The molecule has 246 valence electrons. The lowest BCUT2D eigenvalue weighted by Crippen LogP contribution is -2.45. The van der Waals surface area contributed by atoms with Crippen molar-refractivity contribution in [3.05, 3.63) is 130 Å². The lowest BCUT2D eigenvalue weighted by molar-refractivity contribution is -0.124. The van der Waals surface area contributed by atoms with Gasteiger partial charge in [0.25, 0.3) is 5.91 Å². The molecule has 3 unspecified atom stereocenters. The zero-order valence-corrected chi connectivity index (χ0v) is 28.3. The Hall–Kier alpha value is -4.73. The zero-order valence-electron chi connectivity index (χ0n) is 27.4. The van der Waals surface area contributed by atoms with Gasteiger partial charge in [-0.2, -0.15) is 12.6 Å². The van der Waals surface area contributed by atoms with Crippen molar-refractivity contribution in [1.29, 1.82) is 0 Å². The summed E-state index contributed by atoms with van der Waals surface area (Å²) < 4.78 is 16.9. The van der Waals surface area contributed by atoms with E-state index in [1.807, 2.05) is 98.8 Å². The summed E-state index contributed by atoms with van der Waals surface area (Å²) in [5.41, 5.74) is 5.74. The number of carbonyl (C=O) groups excluding carboxylic acids is 2. The summed E-state index contributed by atoms with van der Waals surface area (Å²) in [6.45, 7) is 3.85. The van der Waals surface area contributed by atoms with E-state index in [4.69, 9.17) is 14.2 Å². The van der Waals surface area contributed by atoms with Gasteiger partial charge >= 0.3 is 0 Å². The molecule has 0 fully saturated rings. The molecule has 0 saturated carbocycles. The molecule has 3 N–H and O–H groups in total. The average molecular weight is 654 g/mol. The maximum Gasteiger partial charge on any atom is 0.258 e. The number of likely N-dealkylation sites (N-methyl/N-ethyl adjacent to an activating group) is 1. The number of benzene rings is 4. The molecule has 9 heteroatoms. The summed E-state index contributed by atoms with van der Waals surface area (Å²) in [5.74, 6) is 1.59. The molecule has 0 saturated heterocycles. The van der Waals surface area contributed by atoms with E-state index in [1.54, 1.807) is 39.5 Å². The first-order chi connectivity index (χ1) is 22.8. The summed E-state index contributed by atoms with van der Waals surface area (Å²) >= 11 is 4.31. The molecule has 4 aromatic rings. The Kier molecular flexibility index (Phi) is 12.9. The van der Waals surface area contributed by atoms with Gasteiger partial charge in [-0.05, 0) is 67.4 Å². The molecule has 4 rings (SSSR count). The van der Waals surface area contributed by atoms with Crippen LogP contribution in [0.5, 0.6) is 17.2 Å². The number of rotatable bonds is 15. The van der Waals surface area contributed by atoms with Crippen molar-refractivity contribution < 1.29 is 23.8 Å². The molecule has 8 nitrogen and oxygen atoms in total. The first kappa shape index (κ1) is 35.1. The fourth-order valence-electron chi connectivity index (χ4n) is 5.16. The summed E-state index contributed by atoms with van der Waals surface area (Å²) in [6, 6.07) is 27.7. The van der Waals surface area contributed by atoms with Gasteiger partial charge in [0.2, 0.25) is 5.91 Å². The Morgan fingerprint density at radius 1 is 0.787 bits per heavy atom. The van der Waals surface area contributed by atoms with Gasteiger partial charge in [-0.25, -0.2) is 0 Å². The van der Waals surface area contributed by atoms with Gasteiger partial charge in [-0.1, -0.05) is 78.4 Å². The van der Waals surface area contributed by atoms with Crippen LogP contribution >= 0.6 is 12.6 Å². The number of thiol groups is 1. The number of nitrogens with one attached hydrogen (secondary N) is 3. The normalized spacial score (nSPS) is 13.0. The lowest BCUT2D eigenvalue weighted by Gasteiger charge is -2.25. The maximum atomic E-state index is 13.2. The highest BCUT2D eigenvalue weighted by molar-refractivity contribution is 7.80. The van der Waals surface area contributed by atoms with Crippen LogP contribution in [0.25, 0.3) is 6.08 Å². The van der Waals surface area contributed by atoms with Crippen molar-refractivity contribution in [1.82, 2.24) is 16.0 Å². The summed E-state index contributed by atoms with van der Waals surface area (Å²) in [7, 11) is 4.88. The van der Waals surface area contributed by atoms with Gasteiger partial charge in [0, 0.05) is 17.4 Å². The highest BCUT2D eigenvalue weighted by Crippen LogP contribution is 2.34. The van der Waals surface area contributed by atoms with Crippen molar-refractivity contribution in [2.45, 2.75) is 32.0 Å². The Morgan fingerprint density at radius 2 is 1.38 bits per heavy atom. The van der Waals surface area contributed by atoms with Crippen LogP contribution in [0, 0.1) is 6.92 Å². The zero-order chi connectivity index (χ0) is 33.8. The van der Waals surface area contributed by atoms with Gasteiger partial charge in [0.1, 0.15) is 17.2 Å². The second-order valence-corrected chi connectivity index (χ2v) is 11.4. The molecule has 0 aliphatic heterocycles. The number of ether oxygens (including phenoxy) is 3. The highest BCUT2D eigenvalue weighted by atomic mass is 32.1. The molecule has 0 aromatic heterocycles. The minimum Gasteiger partial charge on any atom is -0.497 e. The molecule has 3 atom stereocenters. The molecule has 0 heterocycles. The van der Waals surface area contributed by atoms with Gasteiger partial charge in [-0.15, -0.1) is 0 Å². The van der Waals surface area contributed by atoms with Crippen LogP contribution < -0.4 is 30.2 Å². The van der Waals surface area contributed by atoms with Crippen molar-refractivity contribution in [2.75, 3.05) is 33.6 Å². The number of amides is 2. The van der Waals surface area contributed by atoms with E-state index in [9.17, 15) is 9.59 Å². The Balaban J connectivity index is 1.51. The fourth-order valence-corrected chi connectivity index (χ4v) is 5.51. The molecule has 0 aliphatic carbocycles. The summed E-state index contributed by atoms with van der Waals surface area (Å²) in [6.07, 6.45) is 4.03. The second kappa shape index (κ2) is 17.3. The van der Waals surface area contributed by atoms with E-state index in [0.717, 1.165) is 33.4 Å². The molecule has 0 spiro atoms. The third-order valence-electron chi connectivity index (χ3n) is 7.81. The molecule has 0 radical (unpaired) electrons. The summed E-state index contributed by atoms with van der Waals surface area (Å²) in [5, 5.41) is 9.25. The molecule has 2 amide bonds. The maximum absolute atomic E-state index is 13.2. The first-order valence-electron chi connectivity index (χ1n) is 15.4. The minimum atomic E-state index is -0.536. The number of hydrogen-bond donors (Lipinski definition) is 4. The standard InChI is InChI=1S/C38H43N3O5S/c1-6-7-26-10-14-28(15-11-26)36(27-12-8-25(2)9-13-27)40-35(42)23-46-30-18-16-29(17-19-30)37(41-38(43)33(24-47)39-3)32-21-20-31(44-4)22-34(32)45-5/h6-22,33,36-37,39,47H,23-24H2,1-5H3,(H,40,42)(H,41,43)/b7-6+. The molecular weight excluding hydrogens is 611 g/mol. The number of methoxy groups -OCH3 is 2. The molecule has 0 aliphatic rings. The highest BCUT2D eigenvalue weighted by Gasteiger charge is 2.25. The van der Waals surface area contributed by atoms with Crippen LogP contribution in [-0.2, 0) is 9.59 Å². The van der Waals surface area contributed by atoms with Crippen molar-refractivity contribution in [3.63, 3.8) is 0 Å². The van der Waals surface area contributed by atoms with E-state index in [-0.39, 0.29) is 24.5 Å². The second-order valence-electron chi connectivity index (χ2n) is 11.0. The predicted octanol–water partition coefficient (Wildman–Crippen LogP) is 6.05. The quantitative estimate of drug-likeness (QED) is 0.117. The number of allylic oxidation sites excluding steroid dienone is 1. The van der Waals surface area contributed by atoms with Crippen molar-refractivity contribution in [3.8, 4) is 17.2 Å². The van der Waals surface area contributed by atoms with Gasteiger partial charge in [0.05, 0.1) is 32.3 Å². The number of aryl methyl sites for hydroxylation is 1. The van der Waals surface area contributed by atoms with Crippen LogP contribution in [0.4, 0.5) is 0 Å². The topological polar surface area (TPSA) is 97.9 Å². The predicted molar refractivity (Wildman–Crippen MR) is 190 cm³/mol. The third-order valence-corrected chi connectivity index (χ3v) is 8.18. The van der Waals surface area contributed by atoms with Crippen molar-refractivity contribution in [2.24, 2.45) is 0 Å². The van der Waals surface area contributed by atoms with Gasteiger partial charge < -0.3 is 30.2 Å². The Morgan fingerprint density at radius 3 is 1.96 bits per heavy atom. The lowest BCUT2D eigenvalue weighted by atomic mass is 9.96. The minimum absolute atomic E-state index is 0.170. The smallest absolute Gasteiger partial charge is 0.258 e. The van der Waals surface area contributed by atoms with Gasteiger partial charge in [-0.3, -0.25) is 9.59 Å². The van der Waals surface area contributed by atoms with Crippen molar-refractivity contribution >= 4 is 30.5 Å². The van der Waals surface area contributed by atoms with Crippen LogP contribution in [0.3, 0.4) is 0 Å². The van der Waals surface area contributed by atoms with E-state index in [2.05, 4.69) is 28.6 Å². The molecule has 4 aromatic carbocycles. The molecule has 47 heavy (non-hydrogen) atoms. The number of hydrogen-bond acceptors (Lipinski definition) is 7. The Labute approximate surface area is 282 Å². The third kappa shape index (κ3) is 9.40. The van der Waals surface area contributed by atoms with E-state index < -0.39 is 12.1 Å². The largest absolute Gasteiger partial charge is 0.497 e.